The molecule has 0 bridgehead atoms. The monoisotopic (exact) mass is 275 g/mol. The van der Waals surface area contributed by atoms with Crippen LogP contribution >= 0.6 is 0 Å². The second-order valence-corrected chi connectivity index (χ2v) is 4.81. The predicted octanol–water partition coefficient (Wildman–Crippen LogP) is 3.33. The number of alkyl halides is 3. The third kappa shape index (κ3) is 2.72. The van der Waals surface area contributed by atoms with Gasteiger partial charge in [-0.25, -0.2) is 4.39 Å². The van der Waals surface area contributed by atoms with E-state index >= 15 is 0 Å². The van der Waals surface area contributed by atoms with Crippen LogP contribution in [0.2, 0.25) is 0 Å². The van der Waals surface area contributed by atoms with Gasteiger partial charge in [-0.3, -0.25) is 4.79 Å². The molecule has 0 N–H and O–H groups in total. The van der Waals surface area contributed by atoms with Gasteiger partial charge in [-0.1, -0.05) is 13.0 Å². The van der Waals surface area contributed by atoms with Crippen LogP contribution in [0.4, 0.5) is 17.6 Å². The molecule has 1 aliphatic rings. The molecule has 0 aliphatic carbocycles. The number of rotatable bonds is 1. The van der Waals surface area contributed by atoms with E-state index in [1.165, 1.54) is 4.90 Å². The van der Waals surface area contributed by atoms with Crippen molar-refractivity contribution in [2.75, 3.05) is 13.1 Å². The van der Waals surface area contributed by atoms with Gasteiger partial charge in [-0.05, 0) is 24.5 Å². The van der Waals surface area contributed by atoms with Crippen LogP contribution in [0.15, 0.2) is 18.2 Å². The number of carbonyl (C=O) groups excluding carboxylic acids is 1. The summed E-state index contributed by atoms with van der Waals surface area (Å²) < 4.78 is 51.5. The van der Waals surface area contributed by atoms with E-state index in [0.717, 1.165) is 18.6 Å². The summed E-state index contributed by atoms with van der Waals surface area (Å²) in [5.41, 5.74) is -1.91. The van der Waals surface area contributed by atoms with Gasteiger partial charge in [0, 0.05) is 13.1 Å². The molecule has 1 unspecified atom stereocenters. The standard InChI is InChI=1S/C13H13F4NO/c1-8-5-6-18(7-8)12(19)9-3-2-4-10(11(9)14)13(15,16)17/h2-4,8H,5-7H2,1H3. The van der Waals surface area contributed by atoms with Gasteiger partial charge >= 0.3 is 6.18 Å². The number of halogens is 4. The highest BCUT2D eigenvalue weighted by molar-refractivity contribution is 5.95. The number of benzene rings is 1. The van der Waals surface area contributed by atoms with Crippen molar-refractivity contribution in [1.29, 1.82) is 0 Å². The van der Waals surface area contributed by atoms with Crippen molar-refractivity contribution < 1.29 is 22.4 Å². The van der Waals surface area contributed by atoms with E-state index in [2.05, 4.69) is 0 Å². The minimum atomic E-state index is -4.79. The Hall–Kier alpha value is -1.59. The van der Waals surface area contributed by atoms with Crippen LogP contribution in [0, 0.1) is 11.7 Å². The Morgan fingerprint density at radius 1 is 1.37 bits per heavy atom. The first kappa shape index (κ1) is 13.8. The smallest absolute Gasteiger partial charge is 0.338 e. The van der Waals surface area contributed by atoms with Crippen molar-refractivity contribution in [3.8, 4) is 0 Å². The fourth-order valence-corrected chi connectivity index (χ4v) is 2.21. The molecule has 2 rings (SSSR count). The molecule has 19 heavy (non-hydrogen) atoms. The van der Waals surface area contributed by atoms with Gasteiger partial charge in [0.1, 0.15) is 5.82 Å². The molecule has 1 aliphatic heterocycles. The third-order valence-electron chi connectivity index (χ3n) is 3.25. The zero-order valence-corrected chi connectivity index (χ0v) is 10.3. The predicted molar refractivity (Wildman–Crippen MR) is 61.1 cm³/mol. The van der Waals surface area contributed by atoms with Crippen LogP contribution in [-0.2, 0) is 6.18 Å². The van der Waals surface area contributed by atoms with Crippen LogP contribution in [0.5, 0.6) is 0 Å². The normalized spacial score (nSPS) is 19.8. The highest BCUT2D eigenvalue weighted by Crippen LogP contribution is 2.33. The molecule has 1 amide bonds. The lowest BCUT2D eigenvalue weighted by Crippen LogP contribution is -2.29. The molecule has 1 aromatic carbocycles. The maximum absolute atomic E-state index is 13.8. The molecule has 1 heterocycles. The maximum Gasteiger partial charge on any atom is 0.419 e. The van der Waals surface area contributed by atoms with E-state index in [-0.39, 0.29) is 5.92 Å². The summed E-state index contributed by atoms with van der Waals surface area (Å²) >= 11 is 0. The minimum Gasteiger partial charge on any atom is -0.338 e. The van der Waals surface area contributed by atoms with Gasteiger partial charge in [0.2, 0.25) is 0 Å². The number of nitrogens with zero attached hydrogens (tertiary/aromatic N) is 1. The quantitative estimate of drug-likeness (QED) is 0.720. The minimum absolute atomic E-state index is 0.290. The lowest BCUT2D eigenvalue weighted by Gasteiger charge is -2.17. The highest BCUT2D eigenvalue weighted by atomic mass is 19.4. The topological polar surface area (TPSA) is 20.3 Å². The van der Waals surface area contributed by atoms with E-state index in [1.807, 2.05) is 6.92 Å². The van der Waals surface area contributed by atoms with Crippen molar-refractivity contribution in [2.24, 2.45) is 5.92 Å². The first-order valence-corrected chi connectivity index (χ1v) is 5.95. The molecular formula is C13H13F4NO. The van der Waals surface area contributed by atoms with E-state index in [4.69, 9.17) is 0 Å². The average molecular weight is 275 g/mol. The van der Waals surface area contributed by atoms with Gasteiger partial charge in [-0.15, -0.1) is 0 Å². The molecule has 104 valence electrons. The number of hydrogen-bond acceptors (Lipinski definition) is 1. The molecule has 2 nitrogen and oxygen atoms in total. The van der Waals surface area contributed by atoms with Crippen molar-refractivity contribution in [2.45, 2.75) is 19.5 Å². The first-order valence-electron chi connectivity index (χ1n) is 5.95. The average Bonchev–Trinajstić information content (AvgIpc) is 2.74. The number of likely N-dealkylation sites (tertiary alicyclic amines) is 1. The maximum atomic E-state index is 13.8. The third-order valence-corrected chi connectivity index (χ3v) is 3.25. The fourth-order valence-electron chi connectivity index (χ4n) is 2.21. The Balaban J connectivity index is 2.33. The van der Waals surface area contributed by atoms with Gasteiger partial charge in [0.25, 0.3) is 5.91 Å². The Morgan fingerprint density at radius 3 is 2.58 bits per heavy atom. The Kier molecular flexibility index (Phi) is 3.52. The molecule has 1 saturated heterocycles. The zero-order chi connectivity index (χ0) is 14.2. The summed E-state index contributed by atoms with van der Waals surface area (Å²) in [5, 5.41) is 0. The van der Waals surface area contributed by atoms with Gasteiger partial charge < -0.3 is 4.90 Å². The second kappa shape index (κ2) is 4.83. The van der Waals surface area contributed by atoms with E-state index in [0.29, 0.717) is 19.2 Å². The van der Waals surface area contributed by atoms with Crippen molar-refractivity contribution in [3.05, 3.63) is 35.1 Å². The first-order chi connectivity index (χ1) is 8.80. The van der Waals surface area contributed by atoms with E-state index < -0.39 is 29.0 Å². The summed E-state index contributed by atoms with van der Waals surface area (Å²) in [6.07, 6.45) is -4.01. The number of hydrogen-bond donors (Lipinski definition) is 0. The molecule has 6 heteroatoms. The molecule has 1 atom stereocenters. The SMILES string of the molecule is CC1CCN(C(=O)c2cccc(C(F)(F)F)c2F)C1. The van der Waals surface area contributed by atoms with Crippen LogP contribution in [0.1, 0.15) is 29.3 Å². The molecule has 1 aromatic rings. The van der Waals surface area contributed by atoms with Crippen LogP contribution in [0.3, 0.4) is 0 Å². The Morgan fingerprint density at radius 2 is 2.05 bits per heavy atom. The van der Waals surface area contributed by atoms with Crippen LogP contribution in [-0.4, -0.2) is 23.9 Å². The van der Waals surface area contributed by atoms with Crippen molar-refractivity contribution in [1.82, 2.24) is 4.90 Å². The number of amides is 1. The lowest BCUT2D eigenvalue weighted by atomic mass is 10.1. The fraction of sp³-hybridized carbons (Fsp3) is 0.462. The molecule has 1 fully saturated rings. The van der Waals surface area contributed by atoms with Gasteiger partial charge in [-0.2, -0.15) is 13.2 Å². The Bertz CT molecular complexity index is 498. The Labute approximate surface area is 108 Å². The van der Waals surface area contributed by atoms with E-state index in [1.54, 1.807) is 0 Å². The molecule has 0 saturated carbocycles. The largest absolute Gasteiger partial charge is 0.419 e. The summed E-state index contributed by atoms with van der Waals surface area (Å²) in [7, 11) is 0. The van der Waals surface area contributed by atoms with Crippen molar-refractivity contribution in [3.63, 3.8) is 0 Å². The van der Waals surface area contributed by atoms with Crippen molar-refractivity contribution >= 4 is 5.91 Å². The van der Waals surface area contributed by atoms with Crippen LogP contribution in [0.25, 0.3) is 0 Å². The second-order valence-electron chi connectivity index (χ2n) is 4.81. The molecule has 0 radical (unpaired) electrons. The zero-order valence-electron chi connectivity index (χ0n) is 10.3. The van der Waals surface area contributed by atoms with Gasteiger partial charge in [0.05, 0.1) is 11.1 Å². The van der Waals surface area contributed by atoms with Gasteiger partial charge in [0.15, 0.2) is 0 Å². The summed E-state index contributed by atoms with van der Waals surface area (Å²) in [4.78, 5) is 13.4. The lowest BCUT2D eigenvalue weighted by molar-refractivity contribution is -0.140. The molecular weight excluding hydrogens is 262 g/mol. The summed E-state index contributed by atoms with van der Waals surface area (Å²) in [5.74, 6) is -1.87. The summed E-state index contributed by atoms with van der Waals surface area (Å²) in [6.45, 7) is 2.85. The molecule has 0 spiro atoms. The summed E-state index contributed by atoms with van der Waals surface area (Å²) in [6, 6.07) is 2.78. The highest BCUT2D eigenvalue weighted by Gasteiger charge is 2.36. The molecule has 0 aromatic heterocycles. The van der Waals surface area contributed by atoms with Crippen LogP contribution < -0.4 is 0 Å². The van der Waals surface area contributed by atoms with E-state index in [9.17, 15) is 22.4 Å². The number of carbonyl (C=O) groups is 1.